The number of halogens is 3. The van der Waals surface area contributed by atoms with Crippen LogP contribution in [-0.2, 0) is 12.6 Å². The van der Waals surface area contributed by atoms with Crippen molar-refractivity contribution >= 4 is 27.3 Å². The summed E-state index contributed by atoms with van der Waals surface area (Å²) < 4.78 is 50.2. The molecule has 0 aliphatic carbocycles. The van der Waals surface area contributed by atoms with Crippen LogP contribution in [0.25, 0.3) is 21.2 Å². The normalized spacial score (nSPS) is 15.4. The molecule has 10 heteroatoms. The molecule has 0 atom stereocenters. The van der Waals surface area contributed by atoms with E-state index in [4.69, 9.17) is 4.74 Å². The number of aliphatic hydroxyl groups is 1. The summed E-state index contributed by atoms with van der Waals surface area (Å²) >= 11 is 0.974. The average molecular weight is 585 g/mol. The van der Waals surface area contributed by atoms with Crippen LogP contribution in [-0.4, -0.2) is 39.5 Å². The first-order chi connectivity index (χ1) is 19.1. The van der Waals surface area contributed by atoms with E-state index in [2.05, 4.69) is 0 Å². The van der Waals surface area contributed by atoms with E-state index in [9.17, 15) is 27.9 Å². The van der Waals surface area contributed by atoms with E-state index in [1.165, 1.54) is 16.7 Å². The third kappa shape index (κ3) is 5.63. The Morgan fingerprint density at radius 1 is 1.10 bits per heavy atom. The molecule has 6 nitrogen and oxygen atoms in total. The standard InChI is InChI=1S/C31H31F3N2O4S/c1-17-11-20(32)12-18(2)26(17)40-24-8-7-19(30(3,4)39)13-21(24)23-15-35(5)29(38)27-22(23)14-25(41-27)28(37)36-10-6-9-31(33,34)16-36/h7-8,11-15,39H,6,9-10,16H2,1-5H3. The zero-order chi connectivity index (χ0) is 29.9. The molecule has 41 heavy (non-hydrogen) atoms. The average Bonchev–Trinajstić information content (AvgIpc) is 3.32. The minimum atomic E-state index is -2.95. The van der Waals surface area contributed by atoms with E-state index in [0.717, 1.165) is 16.2 Å². The van der Waals surface area contributed by atoms with Gasteiger partial charge < -0.3 is 19.3 Å². The van der Waals surface area contributed by atoms with Crippen molar-refractivity contribution in [2.75, 3.05) is 13.1 Å². The number of aromatic nitrogens is 1. The number of fused-ring (bicyclic) bond motifs is 1. The minimum Gasteiger partial charge on any atom is -0.456 e. The van der Waals surface area contributed by atoms with Crippen molar-refractivity contribution in [1.82, 2.24) is 9.47 Å². The van der Waals surface area contributed by atoms with Gasteiger partial charge in [-0.05, 0) is 81.1 Å². The van der Waals surface area contributed by atoms with Crippen LogP contribution >= 0.6 is 11.3 Å². The lowest BCUT2D eigenvalue weighted by atomic mass is 9.93. The number of aryl methyl sites for hydroxylation is 3. The van der Waals surface area contributed by atoms with Crippen LogP contribution < -0.4 is 10.3 Å². The summed E-state index contributed by atoms with van der Waals surface area (Å²) in [6, 6.07) is 9.51. The summed E-state index contributed by atoms with van der Waals surface area (Å²) in [4.78, 5) is 27.8. The van der Waals surface area contributed by atoms with Crippen molar-refractivity contribution < 1.29 is 27.8 Å². The number of carbonyl (C=O) groups excluding carboxylic acids is 1. The first kappa shape index (κ1) is 28.9. The zero-order valence-corrected chi connectivity index (χ0v) is 24.3. The number of amides is 1. The van der Waals surface area contributed by atoms with Crippen LogP contribution in [0.15, 0.2) is 47.4 Å². The Kier molecular flexibility index (Phi) is 7.28. The van der Waals surface area contributed by atoms with Gasteiger partial charge in [-0.2, -0.15) is 0 Å². The van der Waals surface area contributed by atoms with Crippen LogP contribution in [0.5, 0.6) is 11.5 Å². The highest BCUT2D eigenvalue weighted by atomic mass is 32.1. The largest absolute Gasteiger partial charge is 0.456 e. The number of thiophene rings is 1. The van der Waals surface area contributed by atoms with Crippen molar-refractivity contribution in [3.05, 3.63) is 80.3 Å². The molecule has 5 rings (SSSR count). The van der Waals surface area contributed by atoms with E-state index in [-0.39, 0.29) is 35.6 Å². The fourth-order valence-corrected chi connectivity index (χ4v) is 6.35. The second kappa shape index (κ2) is 10.3. The number of likely N-dealkylation sites (tertiary alicyclic amines) is 1. The number of rotatable bonds is 5. The number of ether oxygens (including phenoxy) is 1. The highest BCUT2D eigenvalue weighted by Crippen LogP contribution is 2.42. The monoisotopic (exact) mass is 584 g/mol. The molecule has 1 amide bonds. The summed E-state index contributed by atoms with van der Waals surface area (Å²) in [7, 11) is 1.59. The van der Waals surface area contributed by atoms with Crippen LogP contribution in [0.4, 0.5) is 13.2 Å². The molecule has 1 saturated heterocycles. The van der Waals surface area contributed by atoms with Gasteiger partial charge in [0.2, 0.25) is 0 Å². The molecule has 1 aliphatic rings. The number of pyridine rings is 1. The number of piperidine rings is 1. The molecule has 216 valence electrons. The number of benzene rings is 2. The third-order valence-electron chi connectivity index (χ3n) is 7.36. The van der Waals surface area contributed by atoms with Crippen molar-refractivity contribution in [3.63, 3.8) is 0 Å². The van der Waals surface area contributed by atoms with Gasteiger partial charge in [-0.25, -0.2) is 13.2 Å². The van der Waals surface area contributed by atoms with Crippen LogP contribution in [0, 0.1) is 19.7 Å². The first-order valence-corrected chi connectivity index (χ1v) is 14.1. The van der Waals surface area contributed by atoms with E-state index in [1.54, 1.807) is 65.2 Å². The lowest BCUT2D eigenvalue weighted by molar-refractivity contribution is -0.0559. The second-order valence-corrected chi connectivity index (χ2v) is 12.3. The molecule has 1 N–H and O–H groups in total. The lowest BCUT2D eigenvalue weighted by Gasteiger charge is -2.32. The molecule has 0 saturated carbocycles. The van der Waals surface area contributed by atoms with Crippen LogP contribution in [0.3, 0.4) is 0 Å². The van der Waals surface area contributed by atoms with Crippen molar-refractivity contribution in [2.45, 2.75) is 52.1 Å². The van der Waals surface area contributed by atoms with E-state index < -0.39 is 24.0 Å². The molecule has 0 spiro atoms. The summed E-state index contributed by atoms with van der Waals surface area (Å²) in [5.74, 6) is -3.02. The zero-order valence-electron chi connectivity index (χ0n) is 23.5. The van der Waals surface area contributed by atoms with Gasteiger partial charge in [0.15, 0.2) is 0 Å². The number of nitrogens with zero attached hydrogens (tertiary/aromatic N) is 2. The van der Waals surface area contributed by atoms with Gasteiger partial charge in [-0.3, -0.25) is 9.59 Å². The van der Waals surface area contributed by atoms with E-state index in [0.29, 0.717) is 49.4 Å². The van der Waals surface area contributed by atoms with E-state index >= 15 is 0 Å². The fourth-order valence-electron chi connectivity index (χ4n) is 5.23. The van der Waals surface area contributed by atoms with Crippen molar-refractivity contribution in [1.29, 1.82) is 0 Å². The maximum Gasteiger partial charge on any atom is 0.268 e. The number of alkyl halides is 2. The Hall–Kier alpha value is -3.63. The Labute approximate surface area is 239 Å². The van der Waals surface area contributed by atoms with Crippen LogP contribution in [0.1, 0.15) is 53.1 Å². The Bertz CT molecular complexity index is 1710. The van der Waals surface area contributed by atoms with Crippen molar-refractivity contribution in [2.24, 2.45) is 7.05 Å². The molecule has 0 radical (unpaired) electrons. The van der Waals surface area contributed by atoms with Gasteiger partial charge in [0.05, 0.1) is 17.0 Å². The molecule has 0 bridgehead atoms. The summed E-state index contributed by atoms with van der Waals surface area (Å²) in [6.07, 6.45) is 1.56. The number of hydrogen-bond donors (Lipinski definition) is 1. The lowest BCUT2D eigenvalue weighted by Crippen LogP contribution is -2.45. The topological polar surface area (TPSA) is 71.8 Å². The molecule has 1 aliphatic heterocycles. The Morgan fingerprint density at radius 3 is 2.41 bits per heavy atom. The molecular formula is C31H31F3N2O4S. The smallest absolute Gasteiger partial charge is 0.268 e. The number of hydrogen-bond acceptors (Lipinski definition) is 5. The molecular weight excluding hydrogens is 553 g/mol. The van der Waals surface area contributed by atoms with Gasteiger partial charge in [0.25, 0.3) is 17.4 Å². The third-order valence-corrected chi connectivity index (χ3v) is 8.47. The van der Waals surface area contributed by atoms with Gasteiger partial charge in [-0.15, -0.1) is 11.3 Å². The van der Waals surface area contributed by atoms with Crippen molar-refractivity contribution in [3.8, 4) is 22.6 Å². The number of carbonyl (C=O) groups is 1. The van der Waals surface area contributed by atoms with E-state index in [1.807, 2.05) is 0 Å². The molecule has 2 aromatic heterocycles. The predicted molar refractivity (Wildman–Crippen MR) is 154 cm³/mol. The predicted octanol–water partition coefficient (Wildman–Crippen LogP) is 6.91. The van der Waals surface area contributed by atoms with Gasteiger partial charge in [0.1, 0.15) is 22.0 Å². The molecule has 1 fully saturated rings. The minimum absolute atomic E-state index is 0.189. The Balaban J connectivity index is 1.69. The van der Waals surface area contributed by atoms with Gasteiger partial charge in [-0.1, -0.05) is 6.07 Å². The quantitative estimate of drug-likeness (QED) is 0.277. The van der Waals surface area contributed by atoms with Gasteiger partial charge >= 0.3 is 0 Å². The highest BCUT2D eigenvalue weighted by Gasteiger charge is 2.38. The summed E-state index contributed by atoms with van der Waals surface area (Å²) in [5.41, 5.74) is 1.32. The molecule has 4 aromatic rings. The van der Waals surface area contributed by atoms with Gasteiger partial charge in [0, 0.05) is 42.7 Å². The molecule has 3 heterocycles. The van der Waals surface area contributed by atoms with Crippen LogP contribution in [0.2, 0.25) is 0 Å². The molecule has 0 unspecified atom stereocenters. The SMILES string of the molecule is Cc1cc(F)cc(C)c1Oc1ccc(C(C)(C)O)cc1-c1cn(C)c(=O)c2sc(C(=O)N3CCCC(F)(F)C3)cc12. The maximum atomic E-state index is 14.1. The molecule has 2 aromatic carbocycles. The highest BCUT2D eigenvalue weighted by molar-refractivity contribution is 7.20. The summed E-state index contributed by atoms with van der Waals surface area (Å²) in [5, 5.41) is 11.3. The second-order valence-electron chi connectivity index (χ2n) is 11.2. The fraction of sp³-hybridized carbons (Fsp3) is 0.355. The Morgan fingerprint density at radius 2 is 1.78 bits per heavy atom. The maximum absolute atomic E-state index is 14.1. The first-order valence-electron chi connectivity index (χ1n) is 13.3. The summed E-state index contributed by atoms with van der Waals surface area (Å²) in [6.45, 7) is 6.33.